The molecule has 7 heteroatoms. The molecular formula is C24H30ClN3O3. The number of hydrogen-bond donors (Lipinski definition) is 1. The molecular weight excluding hydrogens is 414 g/mol. The van der Waals surface area contributed by atoms with Crippen LogP contribution in [0.4, 0.5) is 0 Å². The van der Waals surface area contributed by atoms with Crippen LogP contribution in [0.25, 0.3) is 0 Å². The first kappa shape index (κ1) is 23.3. The number of benzene rings is 2. The highest BCUT2D eigenvalue weighted by molar-refractivity contribution is 6.30. The average Bonchev–Trinajstić information content (AvgIpc) is 2.74. The van der Waals surface area contributed by atoms with E-state index in [1.165, 1.54) is 0 Å². The van der Waals surface area contributed by atoms with E-state index in [-0.39, 0.29) is 24.5 Å². The summed E-state index contributed by atoms with van der Waals surface area (Å²) in [5.41, 5.74) is 2.96. The van der Waals surface area contributed by atoms with E-state index in [0.29, 0.717) is 5.02 Å². The molecule has 0 aromatic heterocycles. The minimum Gasteiger partial charge on any atom is -0.356 e. The molecule has 2 aromatic carbocycles. The molecule has 1 aliphatic rings. The number of morpholine rings is 1. The zero-order valence-corrected chi connectivity index (χ0v) is 19.2. The van der Waals surface area contributed by atoms with Crippen LogP contribution >= 0.6 is 11.6 Å². The number of carbonyl (C=O) groups is 2. The Morgan fingerprint density at radius 1 is 1.19 bits per heavy atom. The number of carbonyl (C=O) groups excluding carboxylic acids is 2. The Morgan fingerprint density at radius 3 is 2.45 bits per heavy atom. The highest BCUT2D eigenvalue weighted by atomic mass is 35.5. The molecule has 0 radical (unpaired) electrons. The second kappa shape index (κ2) is 10.3. The van der Waals surface area contributed by atoms with Gasteiger partial charge in [-0.1, -0.05) is 53.6 Å². The number of likely N-dealkylation sites (N-methyl/N-ethyl adjacent to an activating group) is 1. The lowest BCUT2D eigenvalue weighted by Gasteiger charge is -2.39. The topological polar surface area (TPSA) is 61.9 Å². The molecule has 31 heavy (non-hydrogen) atoms. The molecule has 2 aromatic rings. The van der Waals surface area contributed by atoms with Crippen molar-refractivity contribution in [1.29, 1.82) is 0 Å². The van der Waals surface area contributed by atoms with Crippen LogP contribution < -0.4 is 5.32 Å². The minimum absolute atomic E-state index is 0.111. The SMILES string of the molecule is Cc1ccc(C2C(C(=O)NC(CCN(C)C)c3ccc(Cl)cc3)OCC(=O)N2C)cc1. The summed E-state index contributed by atoms with van der Waals surface area (Å²) in [5, 5.41) is 3.80. The molecule has 2 amide bonds. The normalized spacial score (nSPS) is 20.1. The zero-order valence-electron chi connectivity index (χ0n) is 18.5. The molecule has 1 heterocycles. The van der Waals surface area contributed by atoms with Gasteiger partial charge in [-0.15, -0.1) is 0 Å². The van der Waals surface area contributed by atoms with E-state index in [0.717, 1.165) is 29.7 Å². The van der Waals surface area contributed by atoms with Crippen LogP contribution in [0.5, 0.6) is 0 Å². The van der Waals surface area contributed by atoms with E-state index in [4.69, 9.17) is 16.3 Å². The van der Waals surface area contributed by atoms with Gasteiger partial charge >= 0.3 is 0 Å². The third-order valence-electron chi connectivity index (χ3n) is 5.61. The number of aryl methyl sites for hydroxylation is 1. The molecule has 0 bridgehead atoms. The summed E-state index contributed by atoms with van der Waals surface area (Å²) in [6.45, 7) is 2.70. The Labute approximate surface area is 189 Å². The molecule has 166 valence electrons. The van der Waals surface area contributed by atoms with Gasteiger partial charge < -0.3 is 19.9 Å². The number of nitrogens with one attached hydrogen (secondary N) is 1. The Kier molecular flexibility index (Phi) is 7.70. The van der Waals surface area contributed by atoms with Gasteiger partial charge in [0.1, 0.15) is 6.61 Å². The van der Waals surface area contributed by atoms with Crippen LogP contribution in [-0.2, 0) is 14.3 Å². The first-order valence-corrected chi connectivity index (χ1v) is 10.8. The fourth-order valence-electron chi connectivity index (χ4n) is 3.75. The second-order valence-electron chi connectivity index (χ2n) is 8.30. The Morgan fingerprint density at radius 2 is 1.84 bits per heavy atom. The maximum Gasteiger partial charge on any atom is 0.252 e. The third kappa shape index (κ3) is 5.85. The summed E-state index contributed by atoms with van der Waals surface area (Å²) < 4.78 is 5.77. The summed E-state index contributed by atoms with van der Waals surface area (Å²) >= 11 is 6.05. The molecule has 3 rings (SSSR count). The lowest BCUT2D eigenvalue weighted by atomic mass is 9.96. The van der Waals surface area contributed by atoms with Crippen molar-refractivity contribution in [2.75, 3.05) is 34.3 Å². The Hall–Kier alpha value is -2.41. The number of ether oxygens (including phenoxy) is 1. The van der Waals surface area contributed by atoms with Gasteiger partial charge in [-0.25, -0.2) is 0 Å². The molecule has 6 nitrogen and oxygen atoms in total. The lowest BCUT2D eigenvalue weighted by Crippen LogP contribution is -2.53. The molecule has 1 N–H and O–H groups in total. The maximum atomic E-state index is 13.4. The Bertz CT molecular complexity index is 899. The molecule has 1 fully saturated rings. The highest BCUT2D eigenvalue weighted by Gasteiger charge is 2.40. The first-order valence-electron chi connectivity index (χ1n) is 10.4. The summed E-state index contributed by atoms with van der Waals surface area (Å²) in [4.78, 5) is 29.4. The number of nitrogens with zero attached hydrogens (tertiary/aromatic N) is 2. The predicted octanol–water partition coefficient (Wildman–Crippen LogP) is 3.36. The van der Waals surface area contributed by atoms with Crippen molar-refractivity contribution in [1.82, 2.24) is 15.1 Å². The van der Waals surface area contributed by atoms with E-state index < -0.39 is 12.1 Å². The quantitative estimate of drug-likeness (QED) is 0.712. The predicted molar refractivity (Wildman–Crippen MR) is 122 cm³/mol. The average molecular weight is 444 g/mol. The fraction of sp³-hybridized carbons (Fsp3) is 0.417. The van der Waals surface area contributed by atoms with Gasteiger partial charge in [-0.3, -0.25) is 9.59 Å². The van der Waals surface area contributed by atoms with Crippen LogP contribution in [0, 0.1) is 6.92 Å². The van der Waals surface area contributed by atoms with E-state index in [9.17, 15) is 9.59 Å². The van der Waals surface area contributed by atoms with E-state index >= 15 is 0 Å². The van der Waals surface area contributed by atoms with Crippen LogP contribution in [0.15, 0.2) is 48.5 Å². The van der Waals surface area contributed by atoms with Gasteiger partial charge in [0.15, 0.2) is 6.10 Å². The van der Waals surface area contributed by atoms with Crippen molar-refractivity contribution in [3.63, 3.8) is 0 Å². The standard InChI is InChI=1S/C24H30ClN3O3/c1-16-5-7-18(8-6-16)22-23(31-15-21(29)28(22)4)24(30)26-20(13-14-27(2)3)17-9-11-19(25)12-10-17/h5-12,20,22-23H,13-15H2,1-4H3,(H,26,30). The number of hydrogen-bond acceptors (Lipinski definition) is 4. The number of halogens is 1. The lowest BCUT2D eigenvalue weighted by molar-refractivity contribution is -0.162. The van der Waals surface area contributed by atoms with E-state index in [1.54, 1.807) is 11.9 Å². The maximum absolute atomic E-state index is 13.4. The summed E-state index contributed by atoms with van der Waals surface area (Å²) in [6.07, 6.45) is -0.0589. The third-order valence-corrected chi connectivity index (χ3v) is 5.87. The smallest absolute Gasteiger partial charge is 0.252 e. The molecule has 1 saturated heterocycles. The first-order chi connectivity index (χ1) is 14.8. The van der Waals surface area contributed by atoms with Gasteiger partial charge in [0.05, 0.1) is 12.1 Å². The van der Waals surface area contributed by atoms with E-state index in [2.05, 4.69) is 10.2 Å². The molecule has 0 aliphatic carbocycles. The largest absolute Gasteiger partial charge is 0.356 e. The van der Waals surface area contributed by atoms with Gasteiger partial charge in [0, 0.05) is 12.1 Å². The minimum atomic E-state index is -0.792. The van der Waals surface area contributed by atoms with Crippen LogP contribution in [0.1, 0.15) is 35.2 Å². The van der Waals surface area contributed by atoms with Gasteiger partial charge in [-0.05, 0) is 57.2 Å². The Balaban J connectivity index is 1.84. The van der Waals surface area contributed by atoms with E-state index in [1.807, 2.05) is 69.6 Å². The molecule has 3 atom stereocenters. The fourth-order valence-corrected chi connectivity index (χ4v) is 3.88. The molecule has 1 aliphatic heterocycles. The van der Waals surface area contributed by atoms with Gasteiger partial charge in [0.2, 0.25) is 5.91 Å². The van der Waals surface area contributed by atoms with Crippen molar-refractivity contribution in [2.45, 2.75) is 31.5 Å². The van der Waals surface area contributed by atoms with Crippen molar-refractivity contribution < 1.29 is 14.3 Å². The highest BCUT2D eigenvalue weighted by Crippen LogP contribution is 2.30. The van der Waals surface area contributed by atoms with Crippen LogP contribution in [0.2, 0.25) is 5.02 Å². The molecule has 0 saturated carbocycles. The van der Waals surface area contributed by atoms with Crippen molar-refractivity contribution in [3.8, 4) is 0 Å². The summed E-state index contributed by atoms with van der Waals surface area (Å²) in [7, 11) is 5.72. The van der Waals surface area contributed by atoms with Crippen molar-refractivity contribution in [2.24, 2.45) is 0 Å². The molecule has 3 unspecified atom stereocenters. The zero-order chi connectivity index (χ0) is 22.5. The van der Waals surface area contributed by atoms with Crippen LogP contribution in [-0.4, -0.2) is 62.0 Å². The summed E-state index contributed by atoms with van der Waals surface area (Å²) in [6, 6.07) is 14.7. The van der Waals surface area contributed by atoms with Crippen molar-refractivity contribution in [3.05, 3.63) is 70.2 Å². The van der Waals surface area contributed by atoms with Gasteiger partial charge in [-0.2, -0.15) is 0 Å². The number of rotatable bonds is 7. The van der Waals surface area contributed by atoms with Crippen molar-refractivity contribution >= 4 is 23.4 Å². The number of amides is 2. The monoisotopic (exact) mass is 443 g/mol. The molecule has 0 spiro atoms. The van der Waals surface area contributed by atoms with Crippen LogP contribution in [0.3, 0.4) is 0 Å². The second-order valence-corrected chi connectivity index (χ2v) is 8.73. The van der Waals surface area contributed by atoms with Gasteiger partial charge in [0.25, 0.3) is 5.91 Å². The summed E-state index contributed by atoms with van der Waals surface area (Å²) in [5.74, 6) is -0.375.